The number of hydrogen-bond acceptors (Lipinski definition) is 4. The SMILES string of the molecule is O=C(OCC(=O)c1ccc(Cl)cc1Cl)c1ccc(Oc2ccccc2)cc1. The first-order valence-electron chi connectivity index (χ1n) is 8.01. The largest absolute Gasteiger partial charge is 0.457 e. The molecule has 0 saturated carbocycles. The van der Waals surface area contributed by atoms with Gasteiger partial charge in [-0.25, -0.2) is 4.79 Å². The van der Waals surface area contributed by atoms with Gasteiger partial charge in [0.25, 0.3) is 0 Å². The highest BCUT2D eigenvalue weighted by Gasteiger charge is 2.15. The van der Waals surface area contributed by atoms with Gasteiger partial charge in [0.05, 0.1) is 10.6 Å². The summed E-state index contributed by atoms with van der Waals surface area (Å²) in [5.41, 5.74) is 0.561. The van der Waals surface area contributed by atoms with Crippen LogP contribution in [0.15, 0.2) is 72.8 Å². The molecule has 0 saturated heterocycles. The van der Waals surface area contributed by atoms with Gasteiger partial charge < -0.3 is 9.47 Å². The summed E-state index contributed by atoms with van der Waals surface area (Å²) in [4.78, 5) is 24.3. The first kappa shape index (κ1) is 19.0. The fourth-order valence-corrected chi connectivity index (χ4v) is 2.81. The minimum absolute atomic E-state index is 0.214. The van der Waals surface area contributed by atoms with Gasteiger partial charge in [-0.1, -0.05) is 41.4 Å². The topological polar surface area (TPSA) is 52.6 Å². The van der Waals surface area contributed by atoms with Crippen LogP contribution in [-0.2, 0) is 4.74 Å². The lowest BCUT2D eigenvalue weighted by Gasteiger charge is -2.08. The quantitative estimate of drug-likeness (QED) is 0.386. The summed E-state index contributed by atoms with van der Waals surface area (Å²) in [6, 6.07) is 20.2. The standard InChI is InChI=1S/C21H14Cl2O4/c22-15-8-11-18(19(23)12-15)20(24)13-26-21(25)14-6-9-17(10-7-14)27-16-4-2-1-3-5-16/h1-12H,13H2. The molecule has 4 nitrogen and oxygen atoms in total. The Labute approximate surface area is 166 Å². The van der Waals surface area contributed by atoms with Gasteiger partial charge in [0.1, 0.15) is 11.5 Å². The average Bonchev–Trinajstić information content (AvgIpc) is 2.67. The Morgan fingerprint density at radius 2 is 1.48 bits per heavy atom. The molecule has 6 heteroatoms. The molecule has 0 atom stereocenters. The van der Waals surface area contributed by atoms with Gasteiger partial charge in [-0.2, -0.15) is 0 Å². The van der Waals surface area contributed by atoms with Crippen molar-refractivity contribution in [2.75, 3.05) is 6.61 Å². The number of rotatable bonds is 6. The molecule has 3 rings (SSSR count). The molecule has 0 spiro atoms. The van der Waals surface area contributed by atoms with Crippen molar-refractivity contribution in [3.8, 4) is 11.5 Å². The lowest BCUT2D eigenvalue weighted by Crippen LogP contribution is -2.14. The number of carbonyl (C=O) groups is 2. The highest BCUT2D eigenvalue weighted by molar-refractivity contribution is 6.36. The lowest BCUT2D eigenvalue weighted by atomic mass is 10.1. The van der Waals surface area contributed by atoms with Crippen LogP contribution in [0.5, 0.6) is 11.5 Å². The summed E-state index contributed by atoms with van der Waals surface area (Å²) >= 11 is 11.8. The predicted octanol–water partition coefficient (Wildman–Crippen LogP) is 5.83. The van der Waals surface area contributed by atoms with Crippen LogP contribution >= 0.6 is 23.2 Å². The van der Waals surface area contributed by atoms with E-state index in [4.69, 9.17) is 32.7 Å². The molecule has 0 amide bonds. The maximum Gasteiger partial charge on any atom is 0.338 e. The van der Waals surface area contributed by atoms with E-state index in [2.05, 4.69) is 0 Å². The third-order valence-corrected chi connectivity index (χ3v) is 4.18. The summed E-state index contributed by atoms with van der Waals surface area (Å²) < 4.78 is 10.7. The second-order valence-corrected chi connectivity index (χ2v) is 6.41. The molecule has 0 aliphatic carbocycles. The summed E-state index contributed by atoms with van der Waals surface area (Å²) in [6.45, 7) is -0.414. The maximum absolute atomic E-state index is 12.1. The number of halogens is 2. The predicted molar refractivity (Wildman–Crippen MR) is 104 cm³/mol. The molecular weight excluding hydrogens is 387 g/mol. The Morgan fingerprint density at radius 3 is 2.15 bits per heavy atom. The van der Waals surface area contributed by atoms with E-state index in [9.17, 15) is 9.59 Å². The fraction of sp³-hybridized carbons (Fsp3) is 0.0476. The van der Waals surface area contributed by atoms with E-state index in [-0.39, 0.29) is 10.6 Å². The summed E-state index contributed by atoms with van der Waals surface area (Å²) in [5.74, 6) is 0.258. The molecule has 0 aliphatic heterocycles. The van der Waals surface area contributed by atoms with Crippen molar-refractivity contribution >= 4 is 35.0 Å². The molecule has 0 aliphatic rings. The van der Waals surface area contributed by atoms with Gasteiger partial charge in [0, 0.05) is 10.6 Å². The van der Waals surface area contributed by atoms with Crippen molar-refractivity contribution in [1.82, 2.24) is 0 Å². The van der Waals surface area contributed by atoms with Gasteiger partial charge in [-0.05, 0) is 54.6 Å². The second kappa shape index (κ2) is 8.71. The van der Waals surface area contributed by atoms with Crippen LogP contribution in [0.4, 0.5) is 0 Å². The fourth-order valence-electron chi connectivity index (χ4n) is 2.29. The number of hydrogen-bond donors (Lipinski definition) is 0. The Hall–Kier alpha value is -2.82. The van der Waals surface area contributed by atoms with E-state index in [1.807, 2.05) is 30.3 Å². The van der Waals surface area contributed by atoms with Crippen molar-refractivity contribution in [3.63, 3.8) is 0 Å². The van der Waals surface area contributed by atoms with Crippen LogP contribution in [0, 0.1) is 0 Å². The van der Waals surface area contributed by atoms with Crippen molar-refractivity contribution < 1.29 is 19.1 Å². The van der Waals surface area contributed by atoms with Gasteiger partial charge in [0.2, 0.25) is 5.78 Å². The van der Waals surface area contributed by atoms with Crippen LogP contribution in [0.2, 0.25) is 10.0 Å². The minimum Gasteiger partial charge on any atom is -0.457 e. The van der Waals surface area contributed by atoms with Crippen LogP contribution in [0.25, 0.3) is 0 Å². The summed E-state index contributed by atoms with van der Waals surface area (Å²) in [5, 5.41) is 0.636. The zero-order chi connectivity index (χ0) is 19.2. The Balaban J connectivity index is 1.58. The van der Waals surface area contributed by atoms with Crippen molar-refractivity contribution in [2.45, 2.75) is 0 Å². The highest BCUT2D eigenvalue weighted by Crippen LogP contribution is 2.23. The van der Waals surface area contributed by atoms with Crippen molar-refractivity contribution in [2.24, 2.45) is 0 Å². The first-order chi connectivity index (χ1) is 13.0. The number of ketones is 1. The number of carbonyl (C=O) groups excluding carboxylic acids is 2. The Kier molecular flexibility index (Phi) is 6.12. The normalized spacial score (nSPS) is 10.3. The first-order valence-corrected chi connectivity index (χ1v) is 8.77. The summed E-state index contributed by atoms with van der Waals surface area (Å²) in [7, 11) is 0. The average molecular weight is 401 g/mol. The monoisotopic (exact) mass is 400 g/mol. The molecule has 3 aromatic carbocycles. The molecular formula is C21H14Cl2O4. The van der Waals surface area contributed by atoms with E-state index in [1.54, 1.807) is 30.3 Å². The smallest absolute Gasteiger partial charge is 0.338 e. The van der Waals surface area contributed by atoms with Crippen LogP contribution in [-0.4, -0.2) is 18.4 Å². The molecule has 0 N–H and O–H groups in total. The van der Waals surface area contributed by atoms with Crippen LogP contribution in [0.3, 0.4) is 0 Å². The Bertz CT molecular complexity index is 954. The minimum atomic E-state index is -0.611. The number of esters is 1. The van der Waals surface area contributed by atoms with E-state index < -0.39 is 18.4 Å². The van der Waals surface area contributed by atoms with E-state index in [0.29, 0.717) is 22.1 Å². The number of ether oxygens (including phenoxy) is 2. The third-order valence-electron chi connectivity index (χ3n) is 3.63. The number of para-hydroxylation sites is 1. The zero-order valence-corrected chi connectivity index (χ0v) is 15.5. The van der Waals surface area contributed by atoms with Crippen molar-refractivity contribution in [3.05, 3.63) is 94.0 Å². The lowest BCUT2D eigenvalue weighted by molar-refractivity contribution is 0.0475. The molecule has 27 heavy (non-hydrogen) atoms. The van der Waals surface area contributed by atoms with Gasteiger partial charge in [0.15, 0.2) is 6.61 Å². The molecule has 0 fully saturated rings. The van der Waals surface area contributed by atoms with Crippen molar-refractivity contribution in [1.29, 1.82) is 0 Å². The van der Waals surface area contributed by atoms with Gasteiger partial charge >= 0.3 is 5.97 Å². The van der Waals surface area contributed by atoms with E-state index >= 15 is 0 Å². The van der Waals surface area contributed by atoms with E-state index in [0.717, 1.165) is 0 Å². The number of benzene rings is 3. The Morgan fingerprint density at radius 1 is 0.815 bits per heavy atom. The number of Topliss-reactive ketones (excluding diaryl/α,β-unsaturated/α-hetero) is 1. The second-order valence-electron chi connectivity index (χ2n) is 5.56. The summed E-state index contributed by atoms with van der Waals surface area (Å²) in [6.07, 6.45) is 0. The maximum atomic E-state index is 12.1. The molecule has 0 bridgehead atoms. The highest BCUT2D eigenvalue weighted by atomic mass is 35.5. The van der Waals surface area contributed by atoms with Crippen LogP contribution in [0.1, 0.15) is 20.7 Å². The van der Waals surface area contributed by atoms with E-state index in [1.165, 1.54) is 12.1 Å². The molecule has 3 aromatic rings. The molecule has 0 aromatic heterocycles. The molecule has 0 heterocycles. The third kappa shape index (κ3) is 5.09. The van der Waals surface area contributed by atoms with Gasteiger partial charge in [-0.3, -0.25) is 4.79 Å². The van der Waals surface area contributed by atoms with Gasteiger partial charge in [-0.15, -0.1) is 0 Å². The van der Waals surface area contributed by atoms with Crippen LogP contribution < -0.4 is 4.74 Å². The molecule has 0 radical (unpaired) electrons. The molecule has 136 valence electrons. The zero-order valence-electron chi connectivity index (χ0n) is 14.0. The molecule has 0 unspecified atom stereocenters.